The van der Waals surface area contributed by atoms with E-state index in [0.29, 0.717) is 35.8 Å². The fourth-order valence-electron chi connectivity index (χ4n) is 7.13. The van der Waals surface area contributed by atoms with Crippen molar-refractivity contribution in [1.82, 2.24) is 19.9 Å². The molecule has 7 rings (SSSR count). The number of benzene rings is 2. The lowest BCUT2D eigenvalue weighted by atomic mass is 9.83. The van der Waals surface area contributed by atoms with E-state index in [1.54, 1.807) is 18.3 Å². The van der Waals surface area contributed by atoms with Crippen molar-refractivity contribution in [2.45, 2.75) is 50.5 Å². The number of carbonyl (C=O) groups is 2. The van der Waals surface area contributed by atoms with Crippen LogP contribution in [0.3, 0.4) is 0 Å². The van der Waals surface area contributed by atoms with Gasteiger partial charge in [-0.15, -0.1) is 0 Å². The van der Waals surface area contributed by atoms with Gasteiger partial charge in [0.2, 0.25) is 0 Å². The molecule has 2 bridgehead atoms. The number of anilines is 1. The second kappa shape index (κ2) is 15.7. The molecule has 0 amide bonds. The molecule has 54 heavy (non-hydrogen) atoms. The number of alkyl halides is 6. The minimum absolute atomic E-state index is 0.0428. The van der Waals surface area contributed by atoms with E-state index in [-0.39, 0.29) is 41.0 Å². The molecule has 2 unspecified atom stereocenters. The number of rotatable bonds is 6. The van der Waals surface area contributed by atoms with Crippen LogP contribution in [-0.2, 0) is 9.59 Å². The first-order valence-electron chi connectivity index (χ1n) is 16.7. The van der Waals surface area contributed by atoms with E-state index in [4.69, 9.17) is 29.5 Å². The number of piperidine rings is 1. The Balaban J connectivity index is 0.000000342. The molecule has 12 nitrogen and oxygen atoms in total. The molecule has 4 heterocycles. The van der Waals surface area contributed by atoms with Crippen molar-refractivity contribution in [2.75, 3.05) is 44.8 Å². The number of phenols is 1. The highest BCUT2D eigenvalue weighted by atomic mass is 19.4. The number of carboxylic acid groups (broad SMARTS) is 2. The Labute approximate surface area is 302 Å². The highest BCUT2D eigenvalue weighted by Crippen LogP contribution is 2.48. The van der Waals surface area contributed by atoms with Crippen molar-refractivity contribution in [2.24, 2.45) is 11.3 Å². The van der Waals surface area contributed by atoms with Gasteiger partial charge in [-0.05, 0) is 74.5 Å². The van der Waals surface area contributed by atoms with E-state index in [2.05, 4.69) is 26.8 Å². The first-order chi connectivity index (χ1) is 25.3. The summed E-state index contributed by atoms with van der Waals surface area (Å²) in [7, 11) is 2.09. The Morgan fingerprint density at radius 3 is 2.28 bits per heavy atom. The number of aromatic nitrogens is 3. The summed E-state index contributed by atoms with van der Waals surface area (Å²) >= 11 is 0. The van der Waals surface area contributed by atoms with E-state index in [1.807, 2.05) is 24.3 Å². The zero-order valence-corrected chi connectivity index (χ0v) is 28.7. The van der Waals surface area contributed by atoms with Crippen molar-refractivity contribution in [3.05, 3.63) is 48.4 Å². The average Bonchev–Trinajstić information content (AvgIpc) is 3.67. The second-order valence-electron chi connectivity index (χ2n) is 13.6. The molecule has 4 aromatic rings. The van der Waals surface area contributed by atoms with Crippen LogP contribution < -0.4 is 9.64 Å². The third-order valence-electron chi connectivity index (χ3n) is 9.75. The predicted octanol–water partition coefficient (Wildman–Crippen LogP) is 6.03. The first-order valence-corrected chi connectivity index (χ1v) is 16.7. The number of likely N-dealkylation sites (tertiary alicyclic amines) is 1. The summed E-state index contributed by atoms with van der Waals surface area (Å²) in [4.78, 5) is 36.2. The smallest absolute Gasteiger partial charge is 0.490 e. The van der Waals surface area contributed by atoms with Gasteiger partial charge in [-0.1, -0.05) is 24.3 Å². The normalized spacial score (nSPS) is 21.3. The molecule has 19 heteroatoms. The summed E-state index contributed by atoms with van der Waals surface area (Å²) in [6, 6.07) is 11.2. The number of halogens is 7. The Morgan fingerprint density at radius 1 is 1.00 bits per heavy atom. The molecule has 0 radical (unpaired) electrons. The maximum absolute atomic E-state index is 16.5. The van der Waals surface area contributed by atoms with Crippen LogP contribution in [0.5, 0.6) is 11.8 Å². The van der Waals surface area contributed by atoms with Crippen LogP contribution in [0.4, 0.5) is 36.6 Å². The fourth-order valence-corrected chi connectivity index (χ4v) is 7.13. The van der Waals surface area contributed by atoms with Crippen LogP contribution in [-0.4, -0.2) is 111 Å². The van der Waals surface area contributed by atoms with E-state index in [9.17, 15) is 36.6 Å². The van der Waals surface area contributed by atoms with Crippen LogP contribution in [0.2, 0.25) is 0 Å². The Bertz CT molecular complexity index is 1990. The third kappa shape index (κ3) is 9.00. The number of carboxylic acids is 2. The second-order valence-corrected chi connectivity index (χ2v) is 13.6. The highest BCUT2D eigenvalue weighted by molar-refractivity contribution is 6.00. The largest absolute Gasteiger partial charge is 0.508 e. The van der Waals surface area contributed by atoms with Crippen molar-refractivity contribution in [1.29, 1.82) is 0 Å². The Morgan fingerprint density at radius 2 is 1.67 bits per heavy atom. The summed E-state index contributed by atoms with van der Waals surface area (Å²) in [6.07, 6.45) is -3.32. The van der Waals surface area contributed by atoms with Crippen molar-refractivity contribution in [3.63, 3.8) is 0 Å². The maximum Gasteiger partial charge on any atom is 0.490 e. The summed E-state index contributed by atoms with van der Waals surface area (Å²) in [5.74, 6) is -4.99. The van der Waals surface area contributed by atoms with Gasteiger partial charge in [0, 0.05) is 36.3 Å². The molecule has 0 spiro atoms. The SMILES string of the molecule is CN1CCC[C@H]1COc1nc(N2CC3CCC(CO)(C3)C2)c2cnc(-c3cc(O)cc4ccccc34)c(F)c2n1.O=C(O)C(F)(F)F.O=C(O)C(F)(F)F. The summed E-state index contributed by atoms with van der Waals surface area (Å²) in [6.45, 7) is 3.03. The molecule has 2 saturated heterocycles. The topological polar surface area (TPSA) is 169 Å². The van der Waals surface area contributed by atoms with E-state index in [0.717, 1.165) is 56.0 Å². The molecule has 4 N–H and O–H groups in total. The standard InChI is InChI=1S/C31H34FN5O3.2C2HF3O2/c1-36-10-4-6-21(36)16-40-30-34-28-25(29(35-30)37-15-19-8-9-31(13-19,17-37)18-38)14-33-27(26(28)32)24-12-22(39)11-20-5-2-3-7-23(20)24;2*3-2(4,5)1(6)7/h2-3,5,7,11-12,14,19,21,38-39H,4,6,8-10,13,15-18H2,1H3;2*(H,6,7)/t19?,21-,31?;;/m0../s1. The average molecular weight is 772 g/mol. The van der Waals surface area contributed by atoms with Crippen molar-refractivity contribution < 1.29 is 65.5 Å². The molecule has 2 aromatic carbocycles. The van der Waals surface area contributed by atoms with Gasteiger partial charge >= 0.3 is 30.3 Å². The van der Waals surface area contributed by atoms with Crippen LogP contribution in [0, 0.1) is 17.2 Å². The number of aromatic hydroxyl groups is 1. The van der Waals surface area contributed by atoms with Gasteiger partial charge in [0.25, 0.3) is 0 Å². The number of pyridine rings is 1. The van der Waals surface area contributed by atoms with Gasteiger partial charge in [-0.3, -0.25) is 4.98 Å². The Hall–Kier alpha value is -5.04. The van der Waals surface area contributed by atoms with Crippen LogP contribution >= 0.6 is 0 Å². The molecule has 292 valence electrons. The monoisotopic (exact) mass is 771 g/mol. The number of phenolic OH excluding ortho intramolecular Hbond substituents is 1. The van der Waals surface area contributed by atoms with Gasteiger partial charge in [0.1, 0.15) is 29.4 Å². The fraction of sp³-hybridized carbons (Fsp3) is 0.457. The molecule has 3 aliphatic rings. The van der Waals surface area contributed by atoms with Crippen molar-refractivity contribution in [3.8, 4) is 23.0 Å². The number of aliphatic carboxylic acids is 2. The minimum Gasteiger partial charge on any atom is -0.508 e. The van der Waals surface area contributed by atoms with Crippen LogP contribution in [0.25, 0.3) is 32.9 Å². The molecule has 2 aromatic heterocycles. The molecular formula is C35H36F7N5O7. The summed E-state index contributed by atoms with van der Waals surface area (Å²) in [5, 5.41) is 37.0. The quantitative estimate of drug-likeness (QED) is 0.168. The van der Waals surface area contributed by atoms with E-state index in [1.165, 1.54) is 0 Å². The number of aliphatic hydroxyl groups excluding tert-OH is 1. The van der Waals surface area contributed by atoms with Gasteiger partial charge < -0.3 is 35.0 Å². The molecule has 1 aliphatic carbocycles. The third-order valence-corrected chi connectivity index (χ3v) is 9.75. The van der Waals surface area contributed by atoms with E-state index < -0.39 is 30.1 Å². The lowest BCUT2D eigenvalue weighted by Gasteiger charge is -2.40. The van der Waals surface area contributed by atoms with Crippen LogP contribution in [0.1, 0.15) is 32.1 Å². The van der Waals surface area contributed by atoms with E-state index >= 15 is 4.39 Å². The highest BCUT2D eigenvalue weighted by Gasteiger charge is 2.45. The number of fused-ring (bicyclic) bond motifs is 4. The molecular weight excluding hydrogens is 735 g/mol. The lowest BCUT2D eigenvalue weighted by molar-refractivity contribution is -0.193. The molecule has 3 atom stereocenters. The number of nitrogens with zero attached hydrogens (tertiary/aromatic N) is 5. The lowest BCUT2D eigenvalue weighted by Crippen LogP contribution is -2.45. The zero-order chi connectivity index (χ0) is 39.6. The molecule has 1 saturated carbocycles. The van der Waals surface area contributed by atoms with Gasteiger partial charge in [-0.2, -0.15) is 36.3 Å². The van der Waals surface area contributed by atoms with Gasteiger partial charge in [0.15, 0.2) is 5.82 Å². The zero-order valence-electron chi connectivity index (χ0n) is 28.7. The van der Waals surface area contributed by atoms with Crippen LogP contribution in [0.15, 0.2) is 42.6 Å². The number of likely N-dealkylation sites (N-methyl/N-ethyl adjacent to an activating group) is 1. The van der Waals surface area contributed by atoms with Crippen molar-refractivity contribution >= 4 is 39.4 Å². The number of ether oxygens (including phenoxy) is 1. The molecule has 2 aliphatic heterocycles. The van der Waals surface area contributed by atoms with Gasteiger partial charge in [0.05, 0.1) is 12.0 Å². The number of aliphatic hydroxyl groups is 1. The minimum atomic E-state index is -5.08. The van der Waals surface area contributed by atoms with Gasteiger partial charge in [-0.25, -0.2) is 14.0 Å². The first kappa shape index (κ1) is 40.2. The number of hydrogen-bond acceptors (Lipinski definition) is 10. The summed E-state index contributed by atoms with van der Waals surface area (Å²) < 4.78 is 86.1. The summed E-state index contributed by atoms with van der Waals surface area (Å²) in [5.41, 5.74) is 0.602. The Kier molecular flexibility index (Phi) is 11.7. The predicted molar refractivity (Wildman–Crippen MR) is 179 cm³/mol. The number of hydrogen-bond donors (Lipinski definition) is 4. The maximum atomic E-state index is 16.5. The molecule has 3 fully saturated rings.